The summed E-state index contributed by atoms with van der Waals surface area (Å²) in [6, 6.07) is 0. The first-order valence-corrected chi connectivity index (χ1v) is 12.1. The summed E-state index contributed by atoms with van der Waals surface area (Å²) in [7, 11) is -3.91. The molecule has 1 aliphatic rings. The third-order valence-corrected chi connectivity index (χ3v) is 6.33. The highest BCUT2D eigenvalue weighted by Crippen LogP contribution is 2.30. The van der Waals surface area contributed by atoms with E-state index in [1.165, 1.54) is 27.7 Å². The van der Waals surface area contributed by atoms with Crippen molar-refractivity contribution in [1.29, 1.82) is 0 Å². The maximum absolute atomic E-state index is 12.5. The number of aliphatic hydroxyl groups excluding tert-OH is 1. The van der Waals surface area contributed by atoms with Gasteiger partial charge in [0.1, 0.15) is 0 Å². The minimum atomic E-state index is -3.91. The van der Waals surface area contributed by atoms with Gasteiger partial charge in [0.15, 0.2) is 6.10 Å². The van der Waals surface area contributed by atoms with Crippen LogP contribution in [0.2, 0.25) is 0 Å². The van der Waals surface area contributed by atoms with Crippen molar-refractivity contribution in [1.82, 2.24) is 5.32 Å². The van der Waals surface area contributed by atoms with Crippen molar-refractivity contribution in [2.24, 2.45) is 11.3 Å². The molecule has 1 unspecified atom stereocenters. The summed E-state index contributed by atoms with van der Waals surface area (Å²) in [5, 5.41) is 12.9. The van der Waals surface area contributed by atoms with Crippen LogP contribution in [0.1, 0.15) is 66.2 Å². The van der Waals surface area contributed by atoms with Crippen LogP contribution in [0.5, 0.6) is 0 Å². The molecule has 10 nitrogen and oxygen atoms in total. The summed E-state index contributed by atoms with van der Waals surface area (Å²) >= 11 is 0. The van der Waals surface area contributed by atoms with Crippen LogP contribution in [0.3, 0.4) is 0 Å². The average Bonchev–Trinajstić information content (AvgIpc) is 2.69. The molecule has 2 atom stereocenters. The Hall–Kier alpha value is -1.72. The second-order valence-corrected chi connectivity index (χ2v) is 10.3. The first-order valence-electron chi connectivity index (χ1n) is 10.5. The van der Waals surface area contributed by atoms with E-state index in [9.17, 15) is 27.9 Å². The van der Waals surface area contributed by atoms with E-state index in [4.69, 9.17) is 13.7 Å². The van der Waals surface area contributed by atoms with Crippen LogP contribution >= 0.6 is 0 Å². The lowest BCUT2D eigenvalue weighted by atomic mass is 9.87. The summed E-state index contributed by atoms with van der Waals surface area (Å²) in [6.45, 7) is 5.21. The number of rotatable bonds is 12. The second kappa shape index (κ2) is 12.4. The van der Waals surface area contributed by atoms with Crippen LogP contribution in [0.15, 0.2) is 0 Å². The standard InChI is InChI=1S/C20H35NO9S/c1-14(22)21-11-8-12-31(26,27)28-13-20(3,4)17(24)18(25)30-19(29-15(2)23)16-9-6-5-7-10-16/h16-17,19,24H,5-13H2,1-4H3,(H,21,22)/t17-,19?/m0/s1. The molecule has 0 spiro atoms. The van der Waals surface area contributed by atoms with Crippen LogP contribution < -0.4 is 5.32 Å². The number of carbonyl (C=O) groups excluding carboxylic acids is 3. The number of esters is 2. The van der Waals surface area contributed by atoms with Gasteiger partial charge in [-0.3, -0.25) is 13.8 Å². The van der Waals surface area contributed by atoms with E-state index in [1.807, 2.05) is 0 Å². The topological polar surface area (TPSA) is 145 Å². The summed E-state index contributed by atoms with van der Waals surface area (Å²) in [4.78, 5) is 34.7. The minimum absolute atomic E-state index is 0.142. The monoisotopic (exact) mass is 465 g/mol. The van der Waals surface area contributed by atoms with Crippen molar-refractivity contribution in [2.45, 2.75) is 78.6 Å². The molecular formula is C20H35NO9S. The van der Waals surface area contributed by atoms with Crippen molar-refractivity contribution in [3.8, 4) is 0 Å². The molecule has 0 saturated heterocycles. The van der Waals surface area contributed by atoms with Gasteiger partial charge in [-0.25, -0.2) is 4.79 Å². The maximum atomic E-state index is 12.5. The van der Waals surface area contributed by atoms with E-state index in [0.29, 0.717) is 0 Å². The average molecular weight is 466 g/mol. The van der Waals surface area contributed by atoms with Gasteiger partial charge in [-0.05, 0) is 19.3 Å². The molecule has 0 radical (unpaired) electrons. The largest absolute Gasteiger partial charge is 0.425 e. The van der Waals surface area contributed by atoms with Crippen molar-refractivity contribution in [3.63, 3.8) is 0 Å². The number of hydrogen-bond donors (Lipinski definition) is 2. The molecule has 0 heterocycles. The van der Waals surface area contributed by atoms with E-state index in [0.717, 1.165) is 32.1 Å². The third kappa shape index (κ3) is 10.4. The smallest absolute Gasteiger partial charge is 0.338 e. The van der Waals surface area contributed by atoms with E-state index in [2.05, 4.69) is 5.32 Å². The summed E-state index contributed by atoms with van der Waals surface area (Å²) in [5.41, 5.74) is -1.28. The zero-order chi connectivity index (χ0) is 23.7. The summed E-state index contributed by atoms with van der Waals surface area (Å²) in [6.07, 6.45) is 1.79. The predicted octanol–water partition coefficient (Wildman–Crippen LogP) is 1.26. The van der Waals surface area contributed by atoms with Gasteiger partial charge in [0, 0.05) is 31.7 Å². The molecule has 0 aliphatic heterocycles. The summed E-state index contributed by atoms with van der Waals surface area (Å²) < 4.78 is 39.5. The molecule has 1 amide bonds. The fourth-order valence-corrected chi connectivity index (χ4v) is 4.28. The zero-order valence-corrected chi connectivity index (χ0v) is 19.5. The number of amides is 1. The highest BCUT2D eigenvalue weighted by Gasteiger charge is 2.39. The van der Waals surface area contributed by atoms with E-state index < -0.39 is 46.5 Å². The van der Waals surface area contributed by atoms with Crippen LogP contribution in [-0.4, -0.2) is 62.7 Å². The Morgan fingerprint density at radius 3 is 2.26 bits per heavy atom. The number of hydrogen-bond acceptors (Lipinski definition) is 9. The SMILES string of the molecule is CC(=O)NCCCS(=O)(=O)OCC(C)(C)[C@@H](O)C(=O)OC(OC(C)=O)C1CCCCC1. The summed E-state index contributed by atoms with van der Waals surface area (Å²) in [5.74, 6) is -2.32. The quantitative estimate of drug-likeness (QED) is 0.188. The molecule has 1 saturated carbocycles. The molecule has 1 rings (SSSR count). The number of aliphatic hydroxyl groups is 1. The Labute approximate surface area is 184 Å². The number of carbonyl (C=O) groups is 3. The normalized spacial score (nSPS) is 17.5. The first kappa shape index (κ1) is 27.3. The fourth-order valence-electron chi connectivity index (χ4n) is 3.18. The number of nitrogens with one attached hydrogen (secondary N) is 1. The molecular weight excluding hydrogens is 430 g/mol. The van der Waals surface area contributed by atoms with Gasteiger partial charge in [0.25, 0.3) is 10.1 Å². The predicted molar refractivity (Wildman–Crippen MR) is 111 cm³/mol. The van der Waals surface area contributed by atoms with Crippen molar-refractivity contribution in [2.75, 3.05) is 18.9 Å². The molecule has 0 bridgehead atoms. The minimum Gasteiger partial charge on any atom is -0.425 e. The van der Waals surface area contributed by atoms with Crippen LogP contribution in [0.25, 0.3) is 0 Å². The molecule has 0 aromatic carbocycles. The Bertz CT molecular complexity index is 714. The Morgan fingerprint density at radius 2 is 1.71 bits per heavy atom. The van der Waals surface area contributed by atoms with Crippen LogP contribution in [0, 0.1) is 11.3 Å². The third-order valence-electron chi connectivity index (χ3n) is 5.07. The Kier molecular flexibility index (Phi) is 10.9. The lowest BCUT2D eigenvalue weighted by Crippen LogP contribution is -2.44. The molecule has 31 heavy (non-hydrogen) atoms. The van der Waals surface area contributed by atoms with Gasteiger partial charge < -0.3 is 19.9 Å². The van der Waals surface area contributed by atoms with Crippen LogP contribution in [0.4, 0.5) is 0 Å². The molecule has 1 fully saturated rings. The lowest BCUT2D eigenvalue weighted by molar-refractivity contribution is -0.208. The molecule has 11 heteroatoms. The van der Waals surface area contributed by atoms with Gasteiger partial charge in [0.05, 0.1) is 12.4 Å². The maximum Gasteiger partial charge on any atom is 0.338 e. The van der Waals surface area contributed by atoms with Crippen molar-refractivity contribution < 1.29 is 41.6 Å². The first-order chi connectivity index (χ1) is 14.3. The molecule has 2 N–H and O–H groups in total. The van der Waals surface area contributed by atoms with Gasteiger partial charge in [0.2, 0.25) is 12.2 Å². The van der Waals surface area contributed by atoms with Gasteiger partial charge in [-0.2, -0.15) is 8.42 Å². The van der Waals surface area contributed by atoms with Gasteiger partial charge >= 0.3 is 11.9 Å². The van der Waals surface area contributed by atoms with Crippen molar-refractivity contribution in [3.05, 3.63) is 0 Å². The van der Waals surface area contributed by atoms with E-state index >= 15 is 0 Å². The highest BCUT2D eigenvalue weighted by atomic mass is 32.2. The lowest BCUT2D eigenvalue weighted by Gasteiger charge is -2.32. The van der Waals surface area contributed by atoms with Crippen LogP contribution in [-0.2, 0) is 38.2 Å². The van der Waals surface area contributed by atoms with E-state index in [-0.39, 0.29) is 30.5 Å². The van der Waals surface area contributed by atoms with E-state index in [1.54, 1.807) is 0 Å². The molecule has 0 aromatic rings. The second-order valence-electron chi connectivity index (χ2n) is 8.56. The van der Waals surface area contributed by atoms with Crippen molar-refractivity contribution >= 4 is 28.0 Å². The highest BCUT2D eigenvalue weighted by molar-refractivity contribution is 7.86. The number of ether oxygens (including phenoxy) is 2. The Morgan fingerprint density at radius 1 is 1.10 bits per heavy atom. The molecule has 0 aromatic heterocycles. The molecule has 180 valence electrons. The zero-order valence-electron chi connectivity index (χ0n) is 18.7. The molecule has 1 aliphatic carbocycles. The van der Waals surface area contributed by atoms with Gasteiger partial charge in [-0.1, -0.05) is 33.1 Å². The fraction of sp³-hybridized carbons (Fsp3) is 0.850. The Balaban J connectivity index is 2.64. The van der Waals surface area contributed by atoms with Gasteiger partial charge in [-0.15, -0.1) is 0 Å².